The van der Waals surface area contributed by atoms with Crippen LogP contribution in [0.15, 0.2) is 48.2 Å². The van der Waals surface area contributed by atoms with Crippen molar-refractivity contribution in [3.63, 3.8) is 0 Å². The summed E-state index contributed by atoms with van der Waals surface area (Å²) in [5.74, 6) is -0.939. The zero-order chi connectivity index (χ0) is 23.2. The largest absolute Gasteiger partial charge is 0.372 e. The Morgan fingerprint density at radius 2 is 1.66 bits per heavy atom. The molecule has 2 unspecified atom stereocenters. The normalized spacial score (nSPS) is 21.5. The zero-order valence-electron chi connectivity index (χ0n) is 17.9. The number of hydrogen-bond acceptors (Lipinski definition) is 6. The van der Waals surface area contributed by atoms with E-state index in [1.54, 1.807) is 25.1 Å². The van der Waals surface area contributed by atoms with Crippen LogP contribution in [0.1, 0.15) is 25.0 Å². The first-order chi connectivity index (χ1) is 15.2. The van der Waals surface area contributed by atoms with Crippen molar-refractivity contribution in [1.82, 2.24) is 4.90 Å². The van der Waals surface area contributed by atoms with Crippen molar-refractivity contribution in [2.75, 3.05) is 18.0 Å². The van der Waals surface area contributed by atoms with Crippen LogP contribution in [-0.2, 0) is 14.3 Å². The fourth-order valence-electron chi connectivity index (χ4n) is 4.24. The van der Waals surface area contributed by atoms with E-state index >= 15 is 0 Å². The maximum atomic E-state index is 13.7. The summed E-state index contributed by atoms with van der Waals surface area (Å²) in [5, 5.41) is 11.5. The SMILES string of the molecule is Cc1c(Cl)cccc1N1C(=O)C(c2ccc([N+](=O)[O-])cc2)=C(N2CC(C)OC(C)C2)C1=O. The van der Waals surface area contributed by atoms with Gasteiger partial charge in [0.1, 0.15) is 5.70 Å². The number of carbonyl (C=O) groups is 2. The molecule has 2 heterocycles. The quantitative estimate of drug-likeness (QED) is 0.393. The van der Waals surface area contributed by atoms with Gasteiger partial charge in [-0.1, -0.05) is 17.7 Å². The summed E-state index contributed by atoms with van der Waals surface area (Å²) >= 11 is 6.26. The van der Waals surface area contributed by atoms with Gasteiger partial charge in [-0.15, -0.1) is 0 Å². The van der Waals surface area contributed by atoms with E-state index in [1.165, 1.54) is 24.3 Å². The standard InChI is InChI=1S/C23H22ClN3O5/c1-13-11-25(12-14(2)32-13)21-20(16-7-9-17(10-8-16)27(30)31)22(28)26(23(21)29)19-6-4-5-18(24)15(19)3/h4-10,13-14H,11-12H2,1-3H3. The molecule has 2 aromatic rings. The highest BCUT2D eigenvalue weighted by Crippen LogP contribution is 2.38. The molecule has 1 fully saturated rings. The van der Waals surface area contributed by atoms with Crippen molar-refractivity contribution in [2.24, 2.45) is 0 Å². The molecule has 0 bridgehead atoms. The first kappa shape index (κ1) is 22.0. The van der Waals surface area contributed by atoms with Crippen molar-refractivity contribution < 1.29 is 19.2 Å². The number of nitro groups is 1. The Bertz CT molecular complexity index is 1130. The van der Waals surface area contributed by atoms with E-state index in [0.717, 1.165) is 4.90 Å². The summed E-state index contributed by atoms with van der Waals surface area (Å²) in [6, 6.07) is 10.7. The van der Waals surface area contributed by atoms with E-state index in [4.69, 9.17) is 16.3 Å². The first-order valence-electron chi connectivity index (χ1n) is 10.2. The number of amides is 2. The number of morpholine rings is 1. The first-order valence-corrected chi connectivity index (χ1v) is 10.6. The highest BCUT2D eigenvalue weighted by atomic mass is 35.5. The fourth-order valence-corrected chi connectivity index (χ4v) is 4.41. The van der Waals surface area contributed by atoms with Gasteiger partial charge in [-0.2, -0.15) is 0 Å². The van der Waals surface area contributed by atoms with Crippen LogP contribution in [0.5, 0.6) is 0 Å². The number of rotatable bonds is 4. The van der Waals surface area contributed by atoms with Crippen LogP contribution in [0.3, 0.4) is 0 Å². The van der Waals surface area contributed by atoms with Gasteiger partial charge < -0.3 is 9.64 Å². The van der Waals surface area contributed by atoms with Crippen LogP contribution in [0, 0.1) is 17.0 Å². The number of benzene rings is 2. The van der Waals surface area contributed by atoms with Gasteiger partial charge >= 0.3 is 0 Å². The van der Waals surface area contributed by atoms with Crippen LogP contribution in [0.25, 0.3) is 5.57 Å². The summed E-state index contributed by atoms with van der Waals surface area (Å²) in [7, 11) is 0. The molecule has 0 radical (unpaired) electrons. The third kappa shape index (κ3) is 3.76. The second-order valence-electron chi connectivity index (χ2n) is 8.02. The average Bonchev–Trinajstić information content (AvgIpc) is 2.99. The van der Waals surface area contributed by atoms with E-state index in [2.05, 4.69) is 0 Å². The van der Waals surface area contributed by atoms with Gasteiger partial charge in [0.25, 0.3) is 17.5 Å². The topological polar surface area (TPSA) is 93.0 Å². The molecule has 0 N–H and O–H groups in total. The molecule has 0 aliphatic carbocycles. The van der Waals surface area contributed by atoms with E-state index in [9.17, 15) is 19.7 Å². The summed E-state index contributed by atoms with van der Waals surface area (Å²) in [5.41, 5.74) is 1.86. The van der Waals surface area contributed by atoms with Crippen molar-refractivity contribution >= 4 is 40.4 Å². The van der Waals surface area contributed by atoms with E-state index in [0.29, 0.717) is 34.9 Å². The minimum Gasteiger partial charge on any atom is -0.372 e. The summed E-state index contributed by atoms with van der Waals surface area (Å²) in [6.07, 6.45) is -0.261. The highest BCUT2D eigenvalue weighted by molar-refractivity contribution is 6.46. The molecular formula is C23H22ClN3O5. The third-order valence-corrected chi connectivity index (χ3v) is 6.05. The van der Waals surface area contributed by atoms with Gasteiger partial charge in [-0.05, 0) is 56.2 Å². The monoisotopic (exact) mass is 455 g/mol. The number of nitrogens with zero attached hydrogens (tertiary/aromatic N) is 3. The van der Waals surface area contributed by atoms with Gasteiger partial charge in [0, 0.05) is 30.2 Å². The minimum absolute atomic E-state index is 0.0937. The molecule has 166 valence electrons. The molecular weight excluding hydrogens is 434 g/mol. The Hall–Kier alpha value is -3.23. The van der Waals surface area contributed by atoms with Crippen molar-refractivity contribution in [3.05, 3.63) is 74.4 Å². The third-order valence-electron chi connectivity index (χ3n) is 5.64. The van der Waals surface area contributed by atoms with Crippen LogP contribution in [0.2, 0.25) is 5.02 Å². The zero-order valence-corrected chi connectivity index (χ0v) is 18.6. The molecule has 8 nitrogen and oxygen atoms in total. The van der Waals surface area contributed by atoms with E-state index in [-0.39, 0.29) is 29.2 Å². The van der Waals surface area contributed by atoms with Crippen LogP contribution in [-0.4, -0.2) is 46.9 Å². The highest BCUT2D eigenvalue weighted by Gasteiger charge is 2.44. The Labute approximate surface area is 190 Å². The number of imide groups is 1. The van der Waals surface area contributed by atoms with Gasteiger partial charge in [-0.25, -0.2) is 4.90 Å². The fraction of sp³-hybridized carbons (Fsp3) is 0.304. The molecule has 9 heteroatoms. The van der Waals surface area contributed by atoms with Crippen LogP contribution < -0.4 is 4.90 Å². The van der Waals surface area contributed by atoms with E-state index in [1.807, 2.05) is 18.7 Å². The summed E-state index contributed by atoms with van der Waals surface area (Å²) in [6.45, 7) is 6.46. The molecule has 32 heavy (non-hydrogen) atoms. The Kier molecular flexibility index (Phi) is 5.75. The number of carbonyl (C=O) groups excluding carboxylic acids is 2. The van der Waals surface area contributed by atoms with Crippen molar-refractivity contribution in [2.45, 2.75) is 33.0 Å². The average molecular weight is 456 g/mol. The molecule has 2 aromatic carbocycles. The summed E-state index contributed by atoms with van der Waals surface area (Å²) < 4.78 is 5.80. The Morgan fingerprint density at radius 1 is 1.03 bits per heavy atom. The molecule has 2 amide bonds. The minimum atomic E-state index is -0.506. The maximum Gasteiger partial charge on any atom is 0.282 e. The molecule has 0 spiro atoms. The van der Waals surface area contributed by atoms with Crippen LogP contribution in [0.4, 0.5) is 11.4 Å². The number of anilines is 1. The molecule has 1 saturated heterocycles. The lowest BCUT2D eigenvalue weighted by Crippen LogP contribution is -2.47. The predicted molar refractivity (Wildman–Crippen MR) is 120 cm³/mol. The second kappa shape index (κ2) is 8.37. The lowest BCUT2D eigenvalue weighted by molar-refractivity contribution is -0.384. The van der Waals surface area contributed by atoms with Crippen LogP contribution >= 0.6 is 11.6 Å². The number of hydrogen-bond donors (Lipinski definition) is 0. The van der Waals surface area contributed by atoms with Crippen molar-refractivity contribution in [1.29, 1.82) is 0 Å². The smallest absolute Gasteiger partial charge is 0.282 e. The molecule has 2 atom stereocenters. The number of nitro benzene ring substituents is 1. The number of halogens is 1. The molecule has 0 aromatic heterocycles. The van der Waals surface area contributed by atoms with Gasteiger partial charge in [0.2, 0.25) is 0 Å². The molecule has 4 rings (SSSR count). The van der Waals surface area contributed by atoms with E-state index < -0.39 is 16.7 Å². The van der Waals surface area contributed by atoms with Gasteiger partial charge in [-0.3, -0.25) is 19.7 Å². The summed E-state index contributed by atoms with van der Waals surface area (Å²) in [4.78, 5) is 40.9. The maximum absolute atomic E-state index is 13.7. The second-order valence-corrected chi connectivity index (χ2v) is 8.43. The molecule has 2 aliphatic rings. The number of non-ortho nitro benzene ring substituents is 1. The van der Waals surface area contributed by atoms with Crippen molar-refractivity contribution in [3.8, 4) is 0 Å². The Balaban J connectivity index is 1.86. The van der Waals surface area contributed by atoms with Gasteiger partial charge in [0.15, 0.2) is 0 Å². The van der Waals surface area contributed by atoms with Gasteiger partial charge in [0.05, 0.1) is 28.4 Å². The molecule has 2 aliphatic heterocycles. The lowest BCUT2D eigenvalue weighted by atomic mass is 10.0. The Morgan fingerprint density at radius 3 is 2.25 bits per heavy atom. The lowest BCUT2D eigenvalue weighted by Gasteiger charge is -2.37. The number of ether oxygens (including phenoxy) is 1. The predicted octanol–water partition coefficient (Wildman–Crippen LogP) is 3.95. The molecule has 0 saturated carbocycles.